The van der Waals surface area contributed by atoms with Gasteiger partial charge in [-0.05, 0) is 30.0 Å². The fourth-order valence-corrected chi connectivity index (χ4v) is 2.68. The Balaban J connectivity index is 2.45. The van der Waals surface area contributed by atoms with Crippen LogP contribution in [0.4, 0.5) is 19.1 Å². The van der Waals surface area contributed by atoms with Crippen molar-refractivity contribution in [2.24, 2.45) is 0 Å². The minimum absolute atomic E-state index is 0.0488. The number of benzene rings is 1. The molecule has 0 bridgehead atoms. The molecule has 2 rings (SSSR count). The van der Waals surface area contributed by atoms with Crippen LogP contribution in [0.2, 0.25) is 0 Å². The van der Waals surface area contributed by atoms with Gasteiger partial charge in [0.2, 0.25) is 5.95 Å². The molecule has 5 nitrogen and oxygen atoms in total. The van der Waals surface area contributed by atoms with E-state index in [4.69, 9.17) is 5.26 Å². The van der Waals surface area contributed by atoms with E-state index in [1.165, 1.54) is 6.07 Å². The lowest BCUT2D eigenvalue weighted by Crippen LogP contribution is -2.15. The molecule has 0 atom stereocenters. The van der Waals surface area contributed by atoms with E-state index in [1.54, 1.807) is 25.1 Å². The monoisotopic (exact) mass is 367 g/mol. The Labute approximate surface area is 147 Å². The number of alkyl halides is 3. The fourth-order valence-electron chi connectivity index (χ4n) is 1.89. The molecule has 25 heavy (non-hydrogen) atoms. The number of hydrogen-bond donors (Lipinski definition) is 0. The summed E-state index contributed by atoms with van der Waals surface area (Å²) in [5.41, 5.74) is -1.38. The predicted octanol–water partition coefficient (Wildman–Crippen LogP) is 4.10. The normalized spacial score (nSPS) is 11.5. The zero-order chi connectivity index (χ0) is 18.8. The van der Waals surface area contributed by atoms with Gasteiger partial charge < -0.3 is 4.90 Å². The number of nitrogens with zero attached hydrogens (tertiary/aromatic N) is 5. The molecule has 9 heteroatoms. The first-order valence-corrected chi connectivity index (χ1v) is 8.16. The quantitative estimate of drug-likeness (QED) is 0.810. The lowest BCUT2D eigenvalue weighted by Gasteiger charge is -2.14. The van der Waals surface area contributed by atoms with Crippen LogP contribution in [-0.4, -0.2) is 29.0 Å². The molecule has 0 N–H and O–H groups in total. The Morgan fingerprint density at radius 1 is 1.16 bits per heavy atom. The van der Waals surface area contributed by atoms with Crippen molar-refractivity contribution in [3.63, 3.8) is 0 Å². The van der Waals surface area contributed by atoms with E-state index >= 15 is 0 Å². The van der Waals surface area contributed by atoms with Crippen LogP contribution in [0.5, 0.6) is 0 Å². The van der Waals surface area contributed by atoms with Gasteiger partial charge in [-0.2, -0.15) is 28.4 Å². The highest BCUT2D eigenvalue weighted by Gasteiger charge is 2.34. The molecule has 0 amide bonds. The summed E-state index contributed by atoms with van der Waals surface area (Å²) in [5.74, 6) is 1.05. The maximum Gasteiger partial charge on any atom is 0.417 e. The Morgan fingerprint density at radius 3 is 2.36 bits per heavy atom. The zero-order valence-electron chi connectivity index (χ0n) is 14.1. The number of nitriles is 1. The molecule has 0 radical (unpaired) electrons. The molecule has 0 aliphatic heterocycles. The number of anilines is 1. The molecular weight excluding hydrogens is 351 g/mol. The summed E-state index contributed by atoms with van der Waals surface area (Å²) in [7, 11) is 3.55. The van der Waals surface area contributed by atoms with Crippen molar-refractivity contribution in [2.75, 3.05) is 19.0 Å². The first-order valence-electron chi connectivity index (χ1n) is 7.34. The molecule has 0 unspecified atom stereocenters. The van der Waals surface area contributed by atoms with Crippen molar-refractivity contribution < 1.29 is 13.2 Å². The second kappa shape index (κ2) is 7.27. The number of hydrogen-bond acceptors (Lipinski definition) is 6. The van der Waals surface area contributed by atoms with Crippen molar-refractivity contribution in [3.05, 3.63) is 35.2 Å². The van der Waals surface area contributed by atoms with E-state index < -0.39 is 17.3 Å². The molecule has 132 valence electrons. The van der Waals surface area contributed by atoms with Crippen molar-refractivity contribution in [1.82, 2.24) is 15.0 Å². The topological polar surface area (TPSA) is 65.7 Å². The van der Waals surface area contributed by atoms with Crippen molar-refractivity contribution in [3.8, 4) is 6.07 Å². The predicted molar refractivity (Wildman–Crippen MR) is 88.5 cm³/mol. The zero-order valence-corrected chi connectivity index (χ0v) is 14.9. The van der Waals surface area contributed by atoms with Gasteiger partial charge in [0.25, 0.3) is 0 Å². The maximum atomic E-state index is 13.1. The summed E-state index contributed by atoms with van der Waals surface area (Å²) in [6.45, 7) is 3.85. The summed E-state index contributed by atoms with van der Waals surface area (Å²) >= 11 is 1.00. The van der Waals surface area contributed by atoms with Gasteiger partial charge in [0.05, 0.1) is 17.2 Å². The van der Waals surface area contributed by atoms with Crippen molar-refractivity contribution in [2.45, 2.75) is 36.0 Å². The Morgan fingerprint density at radius 2 is 1.84 bits per heavy atom. The lowest BCUT2D eigenvalue weighted by atomic mass is 10.1. The summed E-state index contributed by atoms with van der Waals surface area (Å²) in [6, 6.07) is 5.11. The first kappa shape index (κ1) is 19.0. The lowest BCUT2D eigenvalue weighted by molar-refractivity contribution is -0.137. The van der Waals surface area contributed by atoms with Gasteiger partial charge in [-0.25, -0.2) is 4.98 Å². The smallest absolute Gasteiger partial charge is 0.347 e. The maximum absolute atomic E-state index is 13.1. The molecule has 1 heterocycles. The fraction of sp³-hybridized carbons (Fsp3) is 0.375. The van der Waals surface area contributed by atoms with Crippen molar-refractivity contribution >= 4 is 17.7 Å². The van der Waals surface area contributed by atoms with Gasteiger partial charge in [-0.1, -0.05) is 13.8 Å². The highest BCUT2D eigenvalue weighted by atomic mass is 32.2. The molecular formula is C16H16F3N5S. The SMILES string of the molecule is CC(C)c1nc(Sc2ccc(C#N)c(C(F)(F)F)c2)nc(N(C)C)n1. The van der Waals surface area contributed by atoms with E-state index in [0.29, 0.717) is 21.8 Å². The third-order valence-corrected chi connectivity index (χ3v) is 4.02. The molecule has 0 saturated heterocycles. The highest BCUT2D eigenvalue weighted by Crippen LogP contribution is 2.36. The second-order valence-electron chi connectivity index (χ2n) is 5.74. The van der Waals surface area contributed by atoms with E-state index in [-0.39, 0.29) is 5.92 Å². The van der Waals surface area contributed by atoms with E-state index in [0.717, 1.165) is 23.9 Å². The van der Waals surface area contributed by atoms with E-state index in [9.17, 15) is 13.2 Å². The average molecular weight is 367 g/mol. The van der Waals surface area contributed by atoms with E-state index in [2.05, 4.69) is 15.0 Å². The van der Waals surface area contributed by atoms with Crippen LogP contribution in [0, 0.1) is 11.3 Å². The van der Waals surface area contributed by atoms with Crippen LogP contribution >= 0.6 is 11.8 Å². The standard InChI is InChI=1S/C16H16F3N5S/c1-9(2)13-21-14(24(3)4)23-15(22-13)25-11-6-5-10(8-20)12(7-11)16(17,18)19/h5-7,9H,1-4H3. The highest BCUT2D eigenvalue weighted by molar-refractivity contribution is 7.99. The van der Waals surface area contributed by atoms with Crippen molar-refractivity contribution in [1.29, 1.82) is 5.26 Å². The number of halogens is 3. The van der Waals surface area contributed by atoms with Crippen LogP contribution in [0.3, 0.4) is 0 Å². The molecule has 2 aromatic rings. The van der Waals surface area contributed by atoms with Crippen LogP contribution in [0.15, 0.2) is 28.3 Å². The molecule has 0 spiro atoms. The summed E-state index contributed by atoms with van der Waals surface area (Å²) < 4.78 is 39.3. The summed E-state index contributed by atoms with van der Waals surface area (Å²) in [5, 5.41) is 9.17. The van der Waals surface area contributed by atoms with Crippen LogP contribution in [-0.2, 0) is 6.18 Å². The van der Waals surface area contributed by atoms with Crippen LogP contribution in [0.25, 0.3) is 0 Å². The molecule has 0 fully saturated rings. The van der Waals surface area contributed by atoms with Crippen LogP contribution in [0.1, 0.15) is 36.7 Å². The van der Waals surface area contributed by atoms with Gasteiger partial charge >= 0.3 is 6.18 Å². The van der Waals surface area contributed by atoms with Crippen LogP contribution < -0.4 is 4.90 Å². The first-order chi connectivity index (χ1) is 11.6. The third-order valence-electron chi connectivity index (χ3n) is 3.16. The molecule has 1 aromatic heterocycles. The molecule has 0 aliphatic rings. The second-order valence-corrected chi connectivity index (χ2v) is 6.79. The summed E-state index contributed by atoms with van der Waals surface area (Å²) in [4.78, 5) is 14.9. The summed E-state index contributed by atoms with van der Waals surface area (Å²) in [6.07, 6.45) is -4.60. The Bertz CT molecular complexity index is 786. The number of aromatic nitrogens is 3. The van der Waals surface area contributed by atoms with Gasteiger partial charge in [-0.15, -0.1) is 0 Å². The third kappa shape index (κ3) is 4.60. The average Bonchev–Trinajstić information content (AvgIpc) is 2.53. The van der Waals surface area contributed by atoms with E-state index in [1.807, 2.05) is 13.8 Å². The minimum Gasteiger partial charge on any atom is -0.347 e. The Kier molecular flexibility index (Phi) is 5.52. The number of rotatable bonds is 4. The molecule has 0 saturated carbocycles. The minimum atomic E-state index is -4.60. The largest absolute Gasteiger partial charge is 0.417 e. The van der Waals surface area contributed by atoms with Gasteiger partial charge in [0.15, 0.2) is 5.16 Å². The van der Waals surface area contributed by atoms with Gasteiger partial charge in [0, 0.05) is 24.9 Å². The molecule has 1 aromatic carbocycles. The molecule has 0 aliphatic carbocycles. The van der Waals surface area contributed by atoms with Gasteiger partial charge in [0.1, 0.15) is 5.82 Å². The Hall–Kier alpha value is -2.34. The van der Waals surface area contributed by atoms with Gasteiger partial charge in [-0.3, -0.25) is 0 Å².